The van der Waals surface area contributed by atoms with Crippen LogP contribution in [0.4, 0.5) is 0 Å². The van der Waals surface area contributed by atoms with Crippen LogP contribution in [0.2, 0.25) is 13.1 Å². The van der Waals surface area contributed by atoms with Gasteiger partial charge in [0.25, 0.3) is 0 Å². The molecule has 2 rings (SSSR count). The van der Waals surface area contributed by atoms with Crippen LogP contribution < -0.4 is 24.8 Å². The Morgan fingerprint density at radius 1 is 1.30 bits per heavy atom. The Hall–Kier alpha value is 0.617. The SMILES string of the molecule is CC1=CC[C-]=C1.C[SiH]C.[Cl-].[Cl-].[Hf+4].[NH-]C(=O)C1CCCC1. The van der Waals surface area contributed by atoms with Crippen LogP contribution >= 0.6 is 0 Å². The summed E-state index contributed by atoms with van der Waals surface area (Å²) in [6.07, 6.45) is 12.5. The molecule has 0 aromatic heterocycles. The van der Waals surface area contributed by atoms with Gasteiger partial charge in [-0.1, -0.05) is 25.9 Å². The number of amides is 1. The summed E-state index contributed by atoms with van der Waals surface area (Å²) in [7, 11) is 0.750. The third-order valence-electron chi connectivity index (χ3n) is 2.60. The third-order valence-corrected chi connectivity index (χ3v) is 2.60. The maximum atomic E-state index is 10.3. The summed E-state index contributed by atoms with van der Waals surface area (Å²) < 4.78 is 0. The number of hydrogen-bond acceptors (Lipinski definition) is 1. The van der Waals surface area contributed by atoms with Crippen LogP contribution in [0.1, 0.15) is 39.0 Å². The average molecular weight is 500 g/mol. The molecule has 0 heterocycles. The molecule has 0 aromatic rings. The van der Waals surface area contributed by atoms with Crippen LogP contribution in [0.3, 0.4) is 0 Å². The van der Waals surface area contributed by atoms with E-state index in [1.54, 1.807) is 0 Å². The van der Waals surface area contributed by atoms with E-state index in [0.29, 0.717) is 0 Å². The van der Waals surface area contributed by atoms with E-state index in [4.69, 9.17) is 5.73 Å². The first-order valence-corrected chi connectivity index (χ1v) is 8.65. The minimum Gasteiger partial charge on any atom is -1.00 e. The Labute approximate surface area is 157 Å². The van der Waals surface area contributed by atoms with Crippen molar-refractivity contribution in [1.82, 2.24) is 0 Å². The Balaban J connectivity index is -0.0000000970. The molecule has 1 amide bonds. The summed E-state index contributed by atoms with van der Waals surface area (Å²) in [4.78, 5) is 10.3. The zero-order valence-corrected chi connectivity index (χ0v) is 18.8. The fourth-order valence-electron chi connectivity index (χ4n) is 1.69. The van der Waals surface area contributed by atoms with E-state index in [9.17, 15) is 4.79 Å². The Morgan fingerprint density at radius 3 is 1.90 bits per heavy atom. The normalized spacial score (nSPS) is 15.1. The van der Waals surface area contributed by atoms with Gasteiger partial charge in [-0.25, -0.2) is 11.6 Å². The van der Waals surface area contributed by atoms with E-state index in [-0.39, 0.29) is 62.5 Å². The number of rotatable bonds is 1. The summed E-state index contributed by atoms with van der Waals surface area (Å²) >= 11 is 0. The van der Waals surface area contributed by atoms with Crippen molar-refractivity contribution in [3.63, 3.8) is 0 Å². The van der Waals surface area contributed by atoms with Crippen molar-refractivity contribution in [1.29, 1.82) is 0 Å². The quantitative estimate of drug-likeness (QED) is 0.303. The van der Waals surface area contributed by atoms with Gasteiger partial charge in [0, 0.05) is 15.4 Å². The van der Waals surface area contributed by atoms with Crippen molar-refractivity contribution in [2.24, 2.45) is 5.92 Å². The van der Waals surface area contributed by atoms with Gasteiger partial charge in [0.2, 0.25) is 0 Å². The van der Waals surface area contributed by atoms with Gasteiger partial charge < -0.3 is 35.3 Å². The van der Waals surface area contributed by atoms with Crippen molar-refractivity contribution in [3.8, 4) is 0 Å². The smallest absolute Gasteiger partial charge is 1.00 e. The zero-order valence-electron chi connectivity index (χ0n) is 12.5. The van der Waals surface area contributed by atoms with Crippen molar-refractivity contribution in [2.45, 2.75) is 52.1 Å². The Bertz CT molecular complexity index is 278. The second-order valence-corrected chi connectivity index (χ2v) is 5.58. The van der Waals surface area contributed by atoms with E-state index in [2.05, 4.69) is 32.2 Å². The average Bonchev–Trinajstić information content (AvgIpc) is 2.91. The first-order valence-electron chi connectivity index (χ1n) is 6.34. The molecule has 0 saturated heterocycles. The predicted molar refractivity (Wildman–Crippen MR) is 76.4 cm³/mol. The molecule has 1 radical (unpaired) electrons. The van der Waals surface area contributed by atoms with E-state index in [0.717, 1.165) is 41.6 Å². The molecule has 2 nitrogen and oxygen atoms in total. The van der Waals surface area contributed by atoms with Gasteiger partial charge in [0.1, 0.15) is 0 Å². The number of halogens is 2. The summed E-state index contributed by atoms with van der Waals surface area (Å²) in [6.45, 7) is 6.50. The molecule has 1 N–H and O–H groups in total. The molecule has 0 bridgehead atoms. The maximum Gasteiger partial charge on any atom is 4.00 e. The molecule has 0 unspecified atom stereocenters. The van der Waals surface area contributed by atoms with Crippen molar-refractivity contribution >= 4 is 15.4 Å². The van der Waals surface area contributed by atoms with Gasteiger partial charge in [-0.3, -0.25) is 6.08 Å². The molecule has 20 heavy (non-hydrogen) atoms. The standard InChI is InChI=1S/C6H11NO.C6H7.C2H7Si.2ClH.Hf/c7-6(8)5-3-1-2-4-5;1-6-4-2-3-5-6;1-3-2;;;/h5H,1-4H2,(H2,7,8);4-5H,2H2,1H3;3H,1-2H3;2*1H;/q;-1;;;;+4/p-3. The topological polar surface area (TPSA) is 40.9 Å². The molecule has 6 heteroatoms. The number of allylic oxidation sites excluding steroid dienone is 4. The van der Waals surface area contributed by atoms with Gasteiger partial charge in [0.05, 0.1) is 5.91 Å². The van der Waals surface area contributed by atoms with Gasteiger partial charge in [0.15, 0.2) is 0 Å². The van der Waals surface area contributed by atoms with Crippen LogP contribution in [0.5, 0.6) is 0 Å². The molecule has 0 spiro atoms. The van der Waals surface area contributed by atoms with Crippen LogP contribution in [-0.2, 0) is 30.6 Å². The van der Waals surface area contributed by atoms with Gasteiger partial charge in [-0.2, -0.15) is 6.08 Å². The van der Waals surface area contributed by atoms with Gasteiger partial charge in [-0.05, 0) is 12.8 Å². The summed E-state index contributed by atoms with van der Waals surface area (Å²) in [5.74, 6) is -0.266. The number of carbonyl (C=O) groups is 1. The van der Waals surface area contributed by atoms with Crippen molar-refractivity contribution < 1.29 is 55.5 Å². The molecule has 113 valence electrons. The first kappa shape index (κ1) is 28.7. The van der Waals surface area contributed by atoms with E-state index < -0.39 is 0 Å². The molecule has 0 aromatic carbocycles. The minimum atomic E-state index is -0.359. The van der Waals surface area contributed by atoms with Crippen molar-refractivity contribution in [3.05, 3.63) is 29.5 Å². The molecule has 0 atom stereocenters. The van der Waals surface area contributed by atoms with E-state index in [1.165, 1.54) is 5.57 Å². The van der Waals surface area contributed by atoms with Crippen LogP contribution in [-0.4, -0.2) is 15.4 Å². The Kier molecular flexibility index (Phi) is 28.2. The molecule has 1 saturated carbocycles. The second kappa shape index (κ2) is 19.6. The number of carbonyl (C=O) groups excluding carboxylic acids is 1. The predicted octanol–water partition coefficient (Wildman–Crippen LogP) is -2.02. The van der Waals surface area contributed by atoms with E-state index in [1.807, 2.05) is 6.08 Å². The third kappa shape index (κ3) is 16.7. The monoisotopic (exact) mass is 500 g/mol. The molecule has 2 aliphatic carbocycles. The molecular weight excluding hydrogens is 476 g/mol. The molecular formula is C14H24Cl2HfNOSi. The zero-order chi connectivity index (χ0) is 13.1. The molecule has 1 fully saturated rings. The fourth-order valence-corrected chi connectivity index (χ4v) is 1.69. The Morgan fingerprint density at radius 2 is 1.75 bits per heavy atom. The molecule has 0 aliphatic heterocycles. The fraction of sp³-hybridized carbons (Fsp3) is 0.643. The first-order chi connectivity index (χ1) is 8.11. The molecule has 2 aliphatic rings. The van der Waals surface area contributed by atoms with Crippen molar-refractivity contribution in [2.75, 3.05) is 0 Å². The minimum absolute atomic E-state index is 0. The number of hydrogen-bond donors (Lipinski definition) is 0. The van der Waals surface area contributed by atoms with Crippen LogP contribution in [0.15, 0.2) is 17.7 Å². The number of nitrogens with one attached hydrogen (secondary N) is 1. The second-order valence-electron chi connectivity index (χ2n) is 4.42. The summed E-state index contributed by atoms with van der Waals surface area (Å²) in [5.41, 5.74) is 8.08. The maximum absolute atomic E-state index is 10.3. The van der Waals surface area contributed by atoms with Crippen LogP contribution in [0, 0.1) is 12.0 Å². The van der Waals surface area contributed by atoms with Gasteiger partial charge in [-0.15, -0.1) is 13.3 Å². The van der Waals surface area contributed by atoms with Crippen LogP contribution in [0.25, 0.3) is 5.73 Å². The summed E-state index contributed by atoms with van der Waals surface area (Å²) in [5, 5.41) is 0. The van der Waals surface area contributed by atoms with E-state index >= 15 is 0 Å². The van der Waals surface area contributed by atoms with Gasteiger partial charge >= 0.3 is 25.8 Å². The largest absolute Gasteiger partial charge is 4.00 e. The summed E-state index contributed by atoms with van der Waals surface area (Å²) in [6, 6.07) is 0.